The minimum absolute atomic E-state index is 0.146. The average Bonchev–Trinajstić information content (AvgIpc) is 2.80. The molecular weight excluding hydrogens is 250 g/mol. The molecular formula is C17H25NO2. The molecule has 20 heavy (non-hydrogen) atoms. The van der Waals surface area contributed by atoms with Gasteiger partial charge in [-0.05, 0) is 44.1 Å². The van der Waals surface area contributed by atoms with Crippen molar-refractivity contribution < 1.29 is 9.90 Å². The number of hydrogen-bond donors (Lipinski definition) is 1. The van der Waals surface area contributed by atoms with Gasteiger partial charge in [0.25, 0.3) is 0 Å². The van der Waals surface area contributed by atoms with Gasteiger partial charge in [0.1, 0.15) is 0 Å². The van der Waals surface area contributed by atoms with Crippen LogP contribution in [0.3, 0.4) is 0 Å². The van der Waals surface area contributed by atoms with Gasteiger partial charge >= 0.3 is 5.97 Å². The Balaban J connectivity index is 2.12. The first-order valence-electron chi connectivity index (χ1n) is 7.45. The molecule has 0 amide bonds. The number of nitrogens with zero attached hydrogens (tertiary/aromatic N) is 1. The summed E-state index contributed by atoms with van der Waals surface area (Å²) in [6.07, 6.45) is 3.25. The minimum Gasteiger partial charge on any atom is -0.480 e. The molecule has 3 heteroatoms. The summed E-state index contributed by atoms with van der Waals surface area (Å²) in [5, 5.41) is 9.10. The second-order valence-electron chi connectivity index (χ2n) is 6.48. The number of benzene rings is 1. The van der Waals surface area contributed by atoms with Crippen molar-refractivity contribution in [3.05, 3.63) is 35.9 Å². The number of carbonyl (C=O) groups is 1. The standard InChI is InChI=1S/C17H25NO2/c1-13(2)18(12-16(19)20)15-9-10-17(3,11-15)14-7-5-4-6-8-14/h4-8,13,15H,9-12H2,1-3H3,(H,19,20). The Morgan fingerprint density at radius 2 is 2.05 bits per heavy atom. The van der Waals surface area contributed by atoms with E-state index in [9.17, 15) is 4.79 Å². The molecule has 0 aliphatic heterocycles. The Morgan fingerprint density at radius 3 is 2.60 bits per heavy atom. The van der Waals surface area contributed by atoms with Crippen molar-refractivity contribution in [1.82, 2.24) is 4.90 Å². The molecule has 0 saturated heterocycles. The molecule has 110 valence electrons. The number of carboxylic acids is 1. The SMILES string of the molecule is CC(C)N(CC(=O)O)C1CCC(C)(c2ccccc2)C1. The van der Waals surface area contributed by atoms with Gasteiger partial charge in [0, 0.05) is 12.1 Å². The molecule has 1 aromatic carbocycles. The zero-order valence-corrected chi connectivity index (χ0v) is 12.7. The lowest BCUT2D eigenvalue weighted by Gasteiger charge is -2.33. The zero-order valence-electron chi connectivity index (χ0n) is 12.7. The van der Waals surface area contributed by atoms with Gasteiger partial charge in [0.05, 0.1) is 6.54 Å². The van der Waals surface area contributed by atoms with E-state index < -0.39 is 5.97 Å². The predicted molar refractivity (Wildman–Crippen MR) is 80.9 cm³/mol. The summed E-state index contributed by atoms with van der Waals surface area (Å²) in [7, 11) is 0. The molecule has 0 aromatic heterocycles. The molecule has 0 radical (unpaired) electrons. The van der Waals surface area contributed by atoms with Crippen molar-refractivity contribution in [3.8, 4) is 0 Å². The van der Waals surface area contributed by atoms with Crippen LogP contribution in [0.2, 0.25) is 0 Å². The normalized spacial score (nSPS) is 26.4. The van der Waals surface area contributed by atoms with E-state index in [2.05, 4.69) is 49.9 Å². The zero-order chi connectivity index (χ0) is 14.8. The average molecular weight is 275 g/mol. The Hall–Kier alpha value is -1.35. The Bertz CT molecular complexity index is 457. The van der Waals surface area contributed by atoms with E-state index in [0.29, 0.717) is 6.04 Å². The third-order valence-electron chi connectivity index (χ3n) is 4.64. The molecule has 2 atom stereocenters. The molecule has 0 heterocycles. The second-order valence-corrected chi connectivity index (χ2v) is 6.48. The Labute approximate surface area is 121 Å². The summed E-state index contributed by atoms with van der Waals surface area (Å²) in [4.78, 5) is 13.2. The molecule has 2 rings (SSSR count). The van der Waals surface area contributed by atoms with Crippen molar-refractivity contribution in [2.24, 2.45) is 0 Å². The van der Waals surface area contributed by atoms with E-state index in [1.54, 1.807) is 0 Å². The monoisotopic (exact) mass is 275 g/mol. The van der Waals surface area contributed by atoms with Gasteiger partial charge < -0.3 is 5.11 Å². The molecule has 1 fully saturated rings. The molecule has 0 bridgehead atoms. The number of aliphatic carboxylic acids is 1. The van der Waals surface area contributed by atoms with E-state index >= 15 is 0 Å². The summed E-state index contributed by atoms with van der Waals surface area (Å²) in [6, 6.07) is 11.3. The van der Waals surface area contributed by atoms with Gasteiger partial charge in [0.15, 0.2) is 0 Å². The Kier molecular flexibility index (Phi) is 4.48. The van der Waals surface area contributed by atoms with E-state index in [4.69, 9.17) is 5.11 Å². The highest BCUT2D eigenvalue weighted by Gasteiger charge is 2.39. The molecule has 1 aliphatic carbocycles. The first-order valence-corrected chi connectivity index (χ1v) is 7.45. The molecule has 1 saturated carbocycles. The highest BCUT2D eigenvalue weighted by Crippen LogP contribution is 2.42. The highest BCUT2D eigenvalue weighted by atomic mass is 16.4. The fraction of sp³-hybridized carbons (Fsp3) is 0.588. The van der Waals surface area contributed by atoms with Gasteiger partial charge in [-0.15, -0.1) is 0 Å². The summed E-state index contributed by atoms with van der Waals surface area (Å²) in [5.74, 6) is -0.730. The maximum atomic E-state index is 11.1. The lowest BCUT2D eigenvalue weighted by molar-refractivity contribution is -0.139. The summed E-state index contributed by atoms with van der Waals surface area (Å²) in [6.45, 7) is 6.62. The van der Waals surface area contributed by atoms with Gasteiger partial charge in [-0.25, -0.2) is 0 Å². The fourth-order valence-corrected chi connectivity index (χ4v) is 3.48. The maximum absolute atomic E-state index is 11.1. The molecule has 1 aliphatic rings. The van der Waals surface area contributed by atoms with Gasteiger partial charge in [0.2, 0.25) is 0 Å². The van der Waals surface area contributed by atoms with E-state index in [1.807, 2.05) is 6.07 Å². The lowest BCUT2D eigenvalue weighted by Crippen LogP contribution is -2.43. The first-order chi connectivity index (χ1) is 9.42. The van der Waals surface area contributed by atoms with E-state index in [1.165, 1.54) is 5.56 Å². The van der Waals surface area contributed by atoms with Gasteiger partial charge in [-0.3, -0.25) is 9.69 Å². The quantitative estimate of drug-likeness (QED) is 0.896. The van der Waals surface area contributed by atoms with Crippen LogP contribution in [0.4, 0.5) is 0 Å². The molecule has 0 spiro atoms. The lowest BCUT2D eigenvalue weighted by atomic mass is 9.81. The van der Waals surface area contributed by atoms with E-state index in [-0.39, 0.29) is 18.0 Å². The molecule has 1 N–H and O–H groups in total. The van der Waals surface area contributed by atoms with Gasteiger partial charge in [-0.1, -0.05) is 37.3 Å². The second kappa shape index (κ2) is 5.96. The van der Waals surface area contributed by atoms with Crippen LogP contribution in [0.15, 0.2) is 30.3 Å². The molecule has 1 aromatic rings. The Morgan fingerprint density at radius 1 is 1.40 bits per heavy atom. The summed E-state index contributed by atoms with van der Waals surface area (Å²) in [5.41, 5.74) is 1.55. The third-order valence-corrected chi connectivity index (χ3v) is 4.64. The largest absolute Gasteiger partial charge is 0.480 e. The maximum Gasteiger partial charge on any atom is 0.317 e. The van der Waals surface area contributed by atoms with Crippen molar-refractivity contribution in [3.63, 3.8) is 0 Å². The van der Waals surface area contributed by atoms with Crippen LogP contribution < -0.4 is 0 Å². The predicted octanol–water partition coefficient (Wildman–Crippen LogP) is 3.29. The van der Waals surface area contributed by atoms with Crippen molar-refractivity contribution in [1.29, 1.82) is 0 Å². The van der Waals surface area contributed by atoms with Crippen LogP contribution in [-0.2, 0) is 10.2 Å². The van der Waals surface area contributed by atoms with Gasteiger partial charge in [-0.2, -0.15) is 0 Å². The number of hydrogen-bond acceptors (Lipinski definition) is 2. The van der Waals surface area contributed by atoms with Crippen molar-refractivity contribution >= 4 is 5.97 Å². The van der Waals surface area contributed by atoms with Crippen LogP contribution in [0.5, 0.6) is 0 Å². The van der Waals surface area contributed by atoms with Crippen LogP contribution >= 0.6 is 0 Å². The van der Waals surface area contributed by atoms with Crippen molar-refractivity contribution in [2.75, 3.05) is 6.54 Å². The first kappa shape index (κ1) is 15.0. The van der Waals surface area contributed by atoms with Crippen molar-refractivity contribution in [2.45, 2.75) is 57.5 Å². The summed E-state index contributed by atoms with van der Waals surface area (Å²) < 4.78 is 0. The number of rotatable bonds is 5. The van der Waals surface area contributed by atoms with E-state index in [0.717, 1.165) is 19.3 Å². The van der Waals surface area contributed by atoms with Crippen LogP contribution in [0.25, 0.3) is 0 Å². The molecule has 2 unspecified atom stereocenters. The fourth-order valence-electron chi connectivity index (χ4n) is 3.48. The smallest absolute Gasteiger partial charge is 0.317 e. The van der Waals surface area contributed by atoms with Crippen LogP contribution in [-0.4, -0.2) is 34.6 Å². The number of carboxylic acid groups (broad SMARTS) is 1. The van der Waals surface area contributed by atoms with Crippen LogP contribution in [0, 0.1) is 0 Å². The topological polar surface area (TPSA) is 40.5 Å². The molecule has 3 nitrogen and oxygen atoms in total. The minimum atomic E-state index is -0.730. The van der Waals surface area contributed by atoms with Crippen LogP contribution in [0.1, 0.15) is 45.6 Å². The summed E-state index contributed by atoms with van der Waals surface area (Å²) >= 11 is 0. The third kappa shape index (κ3) is 3.21. The highest BCUT2D eigenvalue weighted by molar-refractivity contribution is 5.69.